The van der Waals surface area contributed by atoms with Crippen molar-refractivity contribution in [3.8, 4) is 0 Å². The molecule has 1 aromatic carbocycles. The molecule has 0 aromatic heterocycles. The van der Waals surface area contributed by atoms with Crippen molar-refractivity contribution in [1.29, 1.82) is 0 Å². The second-order valence-corrected chi connectivity index (χ2v) is 3.85. The van der Waals surface area contributed by atoms with E-state index in [1.54, 1.807) is 6.92 Å². The van der Waals surface area contributed by atoms with Gasteiger partial charge in [0.05, 0.1) is 17.3 Å². The molecule has 0 aliphatic rings. The summed E-state index contributed by atoms with van der Waals surface area (Å²) in [7, 11) is 0. The maximum atomic E-state index is 12.8. The standard InChI is InChI=1S/C9H8BrClFNO2/c1-2-15-9(14)13-8-6(10)3-5(12)4-7(8)11/h3-4H,2H2,1H3,(H,13,14). The summed E-state index contributed by atoms with van der Waals surface area (Å²) in [6, 6.07) is 2.31. The maximum absolute atomic E-state index is 12.8. The summed E-state index contributed by atoms with van der Waals surface area (Å²) in [4.78, 5) is 11.1. The van der Waals surface area contributed by atoms with E-state index in [4.69, 9.17) is 11.6 Å². The monoisotopic (exact) mass is 295 g/mol. The largest absolute Gasteiger partial charge is 0.450 e. The van der Waals surface area contributed by atoms with Gasteiger partial charge >= 0.3 is 6.09 Å². The van der Waals surface area contributed by atoms with Crippen molar-refractivity contribution in [2.24, 2.45) is 0 Å². The van der Waals surface area contributed by atoms with Gasteiger partial charge in [-0.3, -0.25) is 5.32 Å². The van der Waals surface area contributed by atoms with Gasteiger partial charge in [0.1, 0.15) is 5.82 Å². The number of carbonyl (C=O) groups excluding carboxylic acids is 1. The van der Waals surface area contributed by atoms with Gasteiger partial charge in [0.2, 0.25) is 0 Å². The molecular weight excluding hydrogens is 288 g/mol. The second kappa shape index (κ2) is 5.32. The van der Waals surface area contributed by atoms with E-state index in [1.165, 1.54) is 6.07 Å². The van der Waals surface area contributed by atoms with Crippen LogP contribution in [0.1, 0.15) is 6.92 Å². The van der Waals surface area contributed by atoms with Crippen LogP contribution in [0.25, 0.3) is 0 Å². The van der Waals surface area contributed by atoms with Gasteiger partial charge in [-0.1, -0.05) is 11.6 Å². The Labute approximate surface area is 99.7 Å². The molecule has 1 N–H and O–H groups in total. The number of anilines is 1. The third-order valence-electron chi connectivity index (χ3n) is 1.51. The van der Waals surface area contributed by atoms with Crippen LogP contribution in [0.4, 0.5) is 14.9 Å². The Morgan fingerprint density at radius 1 is 1.67 bits per heavy atom. The van der Waals surface area contributed by atoms with Crippen LogP contribution in [-0.4, -0.2) is 12.7 Å². The summed E-state index contributed by atoms with van der Waals surface area (Å²) >= 11 is 8.82. The predicted octanol–water partition coefficient (Wildman–Crippen LogP) is 3.81. The van der Waals surface area contributed by atoms with Gasteiger partial charge in [0.25, 0.3) is 0 Å². The fourth-order valence-corrected chi connectivity index (χ4v) is 1.83. The van der Waals surface area contributed by atoms with E-state index in [-0.39, 0.29) is 17.3 Å². The maximum Gasteiger partial charge on any atom is 0.411 e. The quantitative estimate of drug-likeness (QED) is 0.901. The number of ether oxygens (including phenoxy) is 1. The number of hydrogen-bond acceptors (Lipinski definition) is 2. The first-order chi connectivity index (χ1) is 7.04. The summed E-state index contributed by atoms with van der Waals surface area (Å²) < 4.78 is 17.9. The number of rotatable bonds is 2. The van der Waals surface area contributed by atoms with Crippen LogP contribution >= 0.6 is 27.5 Å². The molecular formula is C9H8BrClFNO2. The van der Waals surface area contributed by atoms with Crippen LogP contribution in [0.2, 0.25) is 5.02 Å². The van der Waals surface area contributed by atoms with Crippen molar-refractivity contribution in [3.63, 3.8) is 0 Å². The van der Waals surface area contributed by atoms with Crippen molar-refractivity contribution < 1.29 is 13.9 Å². The molecule has 0 saturated heterocycles. The number of nitrogens with one attached hydrogen (secondary N) is 1. The van der Waals surface area contributed by atoms with Gasteiger partial charge in [-0.05, 0) is 35.0 Å². The smallest absolute Gasteiger partial charge is 0.411 e. The molecule has 1 rings (SSSR count). The van der Waals surface area contributed by atoms with Gasteiger partial charge < -0.3 is 4.74 Å². The van der Waals surface area contributed by atoms with Crippen LogP contribution in [0.15, 0.2) is 16.6 Å². The second-order valence-electron chi connectivity index (χ2n) is 2.59. The SMILES string of the molecule is CCOC(=O)Nc1c(Cl)cc(F)cc1Br. The lowest BCUT2D eigenvalue weighted by molar-refractivity contribution is 0.168. The highest BCUT2D eigenvalue weighted by Crippen LogP contribution is 2.31. The van der Waals surface area contributed by atoms with Gasteiger partial charge in [0, 0.05) is 4.47 Å². The molecule has 0 fully saturated rings. The Morgan fingerprint density at radius 3 is 2.87 bits per heavy atom. The summed E-state index contributed by atoms with van der Waals surface area (Å²) in [6.07, 6.45) is -0.633. The number of halogens is 3. The summed E-state index contributed by atoms with van der Waals surface area (Å²) in [5, 5.41) is 2.51. The molecule has 1 amide bonds. The zero-order chi connectivity index (χ0) is 11.4. The minimum Gasteiger partial charge on any atom is -0.450 e. The van der Waals surface area contributed by atoms with Crippen LogP contribution in [0, 0.1) is 5.82 Å². The van der Waals surface area contributed by atoms with E-state index in [9.17, 15) is 9.18 Å². The lowest BCUT2D eigenvalue weighted by atomic mass is 10.3. The number of benzene rings is 1. The molecule has 0 bridgehead atoms. The van der Waals surface area contributed by atoms with Crippen molar-refractivity contribution in [3.05, 3.63) is 27.4 Å². The number of amides is 1. The van der Waals surface area contributed by atoms with E-state index in [0.717, 1.165) is 6.07 Å². The summed E-state index contributed by atoms with van der Waals surface area (Å²) in [5.41, 5.74) is 0.288. The highest BCUT2D eigenvalue weighted by molar-refractivity contribution is 9.10. The van der Waals surface area contributed by atoms with Gasteiger partial charge in [-0.15, -0.1) is 0 Å². The molecule has 6 heteroatoms. The van der Waals surface area contributed by atoms with Crippen LogP contribution in [0.3, 0.4) is 0 Å². The Hall–Kier alpha value is -0.810. The highest BCUT2D eigenvalue weighted by Gasteiger charge is 2.11. The van der Waals surface area contributed by atoms with E-state index in [0.29, 0.717) is 4.47 Å². The molecule has 0 unspecified atom stereocenters. The molecule has 0 atom stereocenters. The molecule has 0 spiro atoms. The average Bonchev–Trinajstić information content (AvgIpc) is 2.11. The third-order valence-corrected chi connectivity index (χ3v) is 2.43. The van der Waals surface area contributed by atoms with Crippen LogP contribution < -0.4 is 5.32 Å². The molecule has 0 radical (unpaired) electrons. The van der Waals surface area contributed by atoms with Gasteiger partial charge in [-0.2, -0.15) is 0 Å². The fraction of sp³-hybridized carbons (Fsp3) is 0.222. The Kier molecular flexibility index (Phi) is 4.35. The van der Waals surface area contributed by atoms with Crippen LogP contribution in [0.5, 0.6) is 0 Å². The minimum atomic E-state index is -0.633. The first-order valence-corrected chi connectivity index (χ1v) is 5.30. The zero-order valence-electron chi connectivity index (χ0n) is 7.81. The van der Waals surface area contributed by atoms with Gasteiger partial charge in [-0.25, -0.2) is 9.18 Å². The highest BCUT2D eigenvalue weighted by atomic mass is 79.9. The summed E-state index contributed by atoms with van der Waals surface area (Å²) in [5.74, 6) is -0.485. The third kappa shape index (κ3) is 3.35. The zero-order valence-corrected chi connectivity index (χ0v) is 10.2. The predicted molar refractivity (Wildman–Crippen MR) is 59.8 cm³/mol. The lowest BCUT2D eigenvalue weighted by Crippen LogP contribution is -2.14. The van der Waals surface area contributed by atoms with Crippen molar-refractivity contribution in [1.82, 2.24) is 0 Å². The lowest BCUT2D eigenvalue weighted by Gasteiger charge is -2.09. The molecule has 3 nitrogen and oxygen atoms in total. The molecule has 0 aliphatic carbocycles. The Bertz CT molecular complexity index is 363. The molecule has 0 heterocycles. The van der Waals surface area contributed by atoms with Gasteiger partial charge in [0.15, 0.2) is 0 Å². The molecule has 15 heavy (non-hydrogen) atoms. The first-order valence-electron chi connectivity index (χ1n) is 4.13. The Morgan fingerprint density at radius 2 is 2.33 bits per heavy atom. The van der Waals surface area contributed by atoms with E-state index >= 15 is 0 Å². The van der Waals surface area contributed by atoms with E-state index in [2.05, 4.69) is 26.0 Å². The first kappa shape index (κ1) is 12.3. The number of carbonyl (C=O) groups is 1. The Balaban J connectivity index is 2.90. The number of hydrogen-bond donors (Lipinski definition) is 1. The summed E-state index contributed by atoms with van der Waals surface area (Å²) in [6.45, 7) is 1.93. The van der Waals surface area contributed by atoms with E-state index in [1.807, 2.05) is 0 Å². The van der Waals surface area contributed by atoms with Crippen molar-refractivity contribution in [2.75, 3.05) is 11.9 Å². The molecule has 0 aliphatic heterocycles. The fourth-order valence-electron chi connectivity index (χ4n) is 0.931. The molecule has 0 saturated carbocycles. The van der Waals surface area contributed by atoms with Crippen LogP contribution in [-0.2, 0) is 4.74 Å². The normalized spacial score (nSPS) is 9.87. The minimum absolute atomic E-state index is 0.106. The van der Waals surface area contributed by atoms with Crippen molar-refractivity contribution >= 4 is 39.3 Å². The topological polar surface area (TPSA) is 38.3 Å². The molecule has 1 aromatic rings. The average molecular weight is 297 g/mol. The van der Waals surface area contributed by atoms with E-state index < -0.39 is 11.9 Å². The van der Waals surface area contributed by atoms with Crippen molar-refractivity contribution in [2.45, 2.75) is 6.92 Å². The molecule has 82 valence electrons.